The zero-order valence-electron chi connectivity index (χ0n) is 12.0. The first kappa shape index (κ1) is 16.2. The maximum atomic E-state index is 14.2. The van der Waals surface area contributed by atoms with Crippen molar-refractivity contribution in [1.29, 1.82) is 0 Å². The second-order valence-corrected chi connectivity index (χ2v) is 7.31. The summed E-state index contributed by atoms with van der Waals surface area (Å²) >= 11 is 0. The van der Waals surface area contributed by atoms with Gasteiger partial charge in [-0.25, -0.2) is 12.8 Å². The summed E-state index contributed by atoms with van der Waals surface area (Å²) < 4.78 is 41.0. The van der Waals surface area contributed by atoms with Gasteiger partial charge in [-0.05, 0) is 37.5 Å². The van der Waals surface area contributed by atoms with Crippen LogP contribution in [-0.4, -0.2) is 37.0 Å². The molecule has 0 spiro atoms. The molecule has 0 bridgehead atoms. The molecule has 7 heteroatoms. The normalized spacial score (nSPS) is 21.2. The maximum Gasteiger partial charge on any atom is 0.246 e. The first-order valence-corrected chi connectivity index (χ1v) is 8.50. The first-order valence-electron chi connectivity index (χ1n) is 7.06. The molecule has 1 aromatic rings. The van der Waals surface area contributed by atoms with E-state index < -0.39 is 26.8 Å². The van der Waals surface area contributed by atoms with Crippen LogP contribution in [0.15, 0.2) is 17.0 Å². The minimum absolute atomic E-state index is 0.198. The lowest BCUT2D eigenvalue weighted by atomic mass is 10.1. The Morgan fingerprint density at radius 1 is 1.38 bits per heavy atom. The van der Waals surface area contributed by atoms with Gasteiger partial charge in [-0.2, -0.15) is 4.31 Å². The van der Waals surface area contributed by atoms with Crippen LogP contribution in [0, 0.1) is 12.7 Å². The van der Waals surface area contributed by atoms with Crippen molar-refractivity contribution in [3.63, 3.8) is 0 Å². The SMILES string of the molecule is Cc1cc(N)cc(S(=O)(=O)N2CCCCCC2CO)c1F. The lowest BCUT2D eigenvalue weighted by Gasteiger charge is -2.28. The van der Waals surface area contributed by atoms with Crippen molar-refractivity contribution in [1.82, 2.24) is 4.31 Å². The average molecular weight is 316 g/mol. The predicted molar refractivity (Wildman–Crippen MR) is 78.8 cm³/mol. The standard InChI is InChI=1S/C14H21FN2O3S/c1-10-7-11(16)8-13(14(10)15)21(19,20)17-6-4-2-3-5-12(17)9-18/h7-8,12,18H,2-6,9,16H2,1H3. The van der Waals surface area contributed by atoms with Gasteiger partial charge in [-0.15, -0.1) is 0 Å². The molecule has 1 saturated heterocycles. The Balaban J connectivity index is 2.50. The topological polar surface area (TPSA) is 83.6 Å². The second kappa shape index (κ2) is 6.29. The number of benzene rings is 1. The van der Waals surface area contributed by atoms with Crippen molar-refractivity contribution in [2.45, 2.75) is 43.5 Å². The molecule has 118 valence electrons. The fraction of sp³-hybridized carbons (Fsp3) is 0.571. The fourth-order valence-electron chi connectivity index (χ4n) is 2.73. The molecule has 3 N–H and O–H groups in total. The first-order chi connectivity index (χ1) is 9.87. The number of aryl methyl sites for hydroxylation is 1. The van der Waals surface area contributed by atoms with Crippen molar-refractivity contribution in [3.8, 4) is 0 Å². The molecule has 1 aliphatic rings. The second-order valence-electron chi connectivity index (χ2n) is 5.45. The highest BCUT2D eigenvalue weighted by Gasteiger charge is 2.34. The minimum Gasteiger partial charge on any atom is -0.399 e. The number of hydrogen-bond acceptors (Lipinski definition) is 4. The maximum absolute atomic E-state index is 14.2. The number of rotatable bonds is 3. The van der Waals surface area contributed by atoms with Crippen molar-refractivity contribution in [2.24, 2.45) is 0 Å². The number of nitrogen functional groups attached to an aromatic ring is 1. The van der Waals surface area contributed by atoms with Crippen molar-refractivity contribution in [2.75, 3.05) is 18.9 Å². The average Bonchev–Trinajstić information content (AvgIpc) is 2.68. The summed E-state index contributed by atoms with van der Waals surface area (Å²) in [6, 6.07) is 2.05. The highest BCUT2D eigenvalue weighted by atomic mass is 32.2. The van der Waals surface area contributed by atoms with Gasteiger partial charge in [-0.1, -0.05) is 12.8 Å². The Labute approximate surface area is 124 Å². The summed E-state index contributed by atoms with van der Waals surface area (Å²) in [4.78, 5) is -0.402. The van der Waals surface area contributed by atoms with Crippen LogP contribution in [0.25, 0.3) is 0 Å². The van der Waals surface area contributed by atoms with Gasteiger partial charge in [0.05, 0.1) is 6.61 Å². The molecule has 0 aliphatic carbocycles. The summed E-state index contributed by atoms with van der Waals surface area (Å²) in [6.45, 7) is 1.51. The smallest absolute Gasteiger partial charge is 0.246 e. The summed E-state index contributed by atoms with van der Waals surface area (Å²) in [5.74, 6) is -0.773. The van der Waals surface area contributed by atoms with Crippen LogP contribution < -0.4 is 5.73 Å². The van der Waals surface area contributed by atoms with Crippen LogP contribution in [0.1, 0.15) is 31.2 Å². The number of sulfonamides is 1. The molecule has 1 atom stereocenters. The quantitative estimate of drug-likeness (QED) is 0.830. The predicted octanol–water partition coefficient (Wildman–Crippen LogP) is 1.64. The van der Waals surface area contributed by atoms with Gasteiger partial charge in [0.1, 0.15) is 10.7 Å². The summed E-state index contributed by atoms with van der Waals surface area (Å²) in [5, 5.41) is 9.45. The molecule has 1 aliphatic heterocycles. The van der Waals surface area contributed by atoms with E-state index in [9.17, 15) is 17.9 Å². The molecule has 0 radical (unpaired) electrons. The number of anilines is 1. The third-order valence-corrected chi connectivity index (χ3v) is 5.82. The third kappa shape index (κ3) is 3.20. The van der Waals surface area contributed by atoms with E-state index >= 15 is 0 Å². The molecular weight excluding hydrogens is 295 g/mol. The van der Waals surface area contributed by atoms with Gasteiger partial charge in [0.2, 0.25) is 10.0 Å². The Morgan fingerprint density at radius 2 is 2.10 bits per heavy atom. The fourth-order valence-corrected chi connectivity index (χ4v) is 4.59. The van der Waals surface area contributed by atoms with Gasteiger partial charge < -0.3 is 10.8 Å². The number of halogens is 1. The van der Waals surface area contributed by atoms with E-state index in [-0.39, 0.29) is 17.9 Å². The van der Waals surface area contributed by atoms with E-state index in [1.165, 1.54) is 17.3 Å². The van der Waals surface area contributed by atoms with Gasteiger partial charge >= 0.3 is 0 Å². The van der Waals surface area contributed by atoms with E-state index in [1.54, 1.807) is 0 Å². The Hall–Kier alpha value is -1.18. The van der Waals surface area contributed by atoms with Crippen molar-refractivity contribution < 1.29 is 17.9 Å². The zero-order valence-corrected chi connectivity index (χ0v) is 12.9. The van der Waals surface area contributed by atoms with Crippen LogP contribution in [0.3, 0.4) is 0 Å². The van der Waals surface area contributed by atoms with E-state index in [0.29, 0.717) is 19.4 Å². The van der Waals surface area contributed by atoms with Crippen LogP contribution in [0.5, 0.6) is 0 Å². The van der Waals surface area contributed by atoms with Crippen molar-refractivity contribution in [3.05, 3.63) is 23.5 Å². The van der Waals surface area contributed by atoms with Crippen LogP contribution in [-0.2, 0) is 10.0 Å². The number of aliphatic hydroxyl groups excluding tert-OH is 1. The number of hydrogen-bond donors (Lipinski definition) is 2. The molecule has 0 saturated carbocycles. The molecule has 0 aromatic heterocycles. The summed E-state index contributed by atoms with van der Waals surface area (Å²) in [5.41, 5.74) is 6.06. The molecular formula is C14H21FN2O3S. The molecule has 1 fully saturated rings. The highest BCUT2D eigenvalue weighted by Crippen LogP contribution is 2.28. The molecule has 5 nitrogen and oxygen atoms in total. The van der Waals surface area contributed by atoms with E-state index in [1.807, 2.05) is 0 Å². The Bertz CT molecular complexity index is 619. The third-order valence-electron chi connectivity index (χ3n) is 3.86. The van der Waals surface area contributed by atoms with Crippen molar-refractivity contribution >= 4 is 15.7 Å². The Kier molecular flexibility index (Phi) is 4.85. The molecule has 0 amide bonds. The van der Waals surface area contributed by atoms with E-state index in [2.05, 4.69) is 0 Å². The van der Waals surface area contributed by atoms with Gasteiger partial charge in [0, 0.05) is 18.3 Å². The minimum atomic E-state index is -4.00. The number of aliphatic hydroxyl groups is 1. The number of nitrogens with zero attached hydrogens (tertiary/aromatic N) is 1. The molecule has 1 aromatic carbocycles. The largest absolute Gasteiger partial charge is 0.399 e. The lowest BCUT2D eigenvalue weighted by Crippen LogP contribution is -2.42. The zero-order chi connectivity index (χ0) is 15.6. The van der Waals surface area contributed by atoms with Gasteiger partial charge in [0.15, 0.2) is 0 Å². The number of nitrogens with two attached hydrogens (primary N) is 1. The molecule has 21 heavy (non-hydrogen) atoms. The lowest BCUT2D eigenvalue weighted by molar-refractivity contribution is 0.186. The molecule has 1 unspecified atom stereocenters. The Morgan fingerprint density at radius 3 is 2.76 bits per heavy atom. The summed E-state index contributed by atoms with van der Waals surface area (Å²) in [7, 11) is -4.00. The van der Waals surface area contributed by atoms with Crippen LogP contribution >= 0.6 is 0 Å². The van der Waals surface area contributed by atoms with Gasteiger partial charge in [-0.3, -0.25) is 0 Å². The molecule has 1 heterocycles. The van der Waals surface area contributed by atoms with E-state index in [0.717, 1.165) is 18.9 Å². The highest BCUT2D eigenvalue weighted by molar-refractivity contribution is 7.89. The van der Waals surface area contributed by atoms with Crippen LogP contribution in [0.2, 0.25) is 0 Å². The van der Waals surface area contributed by atoms with E-state index in [4.69, 9.17) is 5.73 Å². The van der Waals surface area contributed by atoms with Crippen LogP contribution in [0.4, 0.5) is 10.1 Å². The molecule has 2 rings (SSSR count). The monoisotopic (exact) mass is 316 g/mol. The summed E-state index contributed by atoms with van der Waals surface area (Å²) in [6.07, 6.45) is 3.05. The van der Waals surface area contributed by atoms with Gasteiger partial charge in [0.25, 0.3) is 0 Å².